The van der Waals surface area contributed by atoms with Crippen molar-refractivity contribution in [3.63, 3.8) is 0 Å². The molecule has 1 heterocycles. The fraction of sp³-hybridized carbons (Fsp3) is 0.312. The Morgan fingerprint density at radius 1 is 1.30 bits per heavy atom. The molecule has 0 aliphatic rings. The van der Waals surface area contributed by atoms with Crippen LogP contribution in [0.4, 0.5) is 0 Å². The van der Waals surface area contributed by atoms with Crippen molar-refractivity contribution in [2.24, 2.45) is 0 Å². The van der Waals surface area contributed by atoms with Crippen LogP contribution in [0.15, 0.2) is 35.1 Å². The molecule has 7 heteroatoms. The molecular formula is C16H18N2O5. The van der Waals surface area contributed by atoms with Crippen LogP contribution in [0, 0.1) is 6.92 Å². The minimum absolute atomic E-state index is 0.0885. The van der Waals surface area contributed by atoms with Gasteiger partial charge in [0.2, 0.25) is 5.76 Å². The smallest absolute Gasteiger partial charge is 0.303 e. The van der Waals surface area contributed by atoms with Gasteiger partial charge in [0.05, 0.1) is 12.3 Å². The number of rotatable bonds is 8. The molecule has 2 N–H and O–H groups in total. The highest BCUT2D eigenvalue weighted by atomic mass is 16.5. The number of ether oxygens (including phenoxy) is 1. The van der Waals surface area contributed by atoms with Gasteiger partial charge in [-0.1, -0.05) is 12.1 Å². The maximum atomic E-state index is 11.9. The average molecular weight is 318 g/mol. The van der Waals surface area contributed by atoms with Crippen LogP contribution in [0.2, 0.25) is 0 Å². The summed E-state index contributed by atoms with van der Waals surface area (Å²) in [5, 5.41) is 11.3. The molecule has 7 nitrogen and oxygen atoms in total. The number of hydrogen-bond acceptors (Lipinski definition) is 5. The third-order valence-electron chi connectivity index (χ3n) is 3.13. The van der Waals surface area contributed by atoms with Crippen molar-refractivity contribution >= 4 is 11.9 Å². The van der Waals surface area contributed by atoms with Gasteiger partial charge < -0.3 is 19.6 Å². The fourth-order valence-corrected chi connectivity index (χ4v) is 1.90. The molecule has 0 saturated heterocycles. The summed E-state index contributed by atoms with van der Waals surface area (Å²) in [7, 11) is 0. The van der Waals surface area contributed by atoms with Crippen LogP contribution in [-0.2, 0) is 11.3 Å². The molecule has 1 aromatic heterocycles. The summed E-state index contributed by atoms with van der Waals surface area (Å²) < 4.78 is 10.5. The highest BCUT2D eigenvalue weighted by Crippen LogP contribution is 2.13. The van der Waals surface area contributed by atoms with Crippen molar-refractivity contribution in [2.45, 2.75) is 26.3 Å². The number of aromatic nitrogens is 1. The van der Waals surface area contributed by atoms with E-state index < -0.39 is 5.97 Å². The largest absolute Gasteiger partial charge is 0.494 e. The van der Waals surface area contributed by atoms with Crippen molar-refractivity contribution in [1.82, 2.24) is 10.3 Å². The van der Waals surface area contributed by atoms with E-state index in [1.165, 1.54) is 6.39 Å². The first-order chi connectivity index (χ1) is 11.1. The lowest BCUT2D eigenvalue weighted by Gasteiger charge is -2.07. The van der Waals surface area contributed by atoms with Crippen LogP contribution < -0.4 is 10.1 Å². The summed E-state index contributed by atoms with van der Waals surface area (Å²) in [6, 6.07) is 7.23. The van der Waals surface area contributed by atoms with E-state index in [2.05, 4.69) is 10.3 Å². The normalized spacial score (nSPS) is 10.3. The predicted octanol–water partition coefficient (Wildman–Crippen LogP) is 2.16. The topological polar surface area (TPSA) is 102 Å². The maximum absolute atomic E-state index is 11.9. The summed E-state index contributed by atoms with van der Waals surface area (Å²) in [6.07, 6.45) is 1.79. The molecule has 0 fully saturated rings. The number of aliphatic carboxylic acids is 1. The number of benzene rings is 1. The molecule has 0 aliphatic carbocycles. The van der Waals surface area contributed by atoms with Gasteiger partial charge in [-0.05, 0) is 31.0 Å². The Morgan fingerprint density at radius 2 is 2.04 bits per heavy atom. The van der Waals surface area contributed by atoms with Crippen molar-refractivity contribution in [3.05, 3.63) is 47.7 Å². The lowest BCUT2D eigenvalue weighted by Crippen LogP contribution is -2.23. The summed E-state index contributed by atoms with van der Waals surface area (Å²) in [5.74, 6) is -0.268. The molecule has 1 amide bonds. The summed E-state index contributed by atoms with van der Waals surface area (Å²) >= 11 is 0. The zero-order valence-corrected chi connectivity index (χ0v) is 12.7. The van der Waals surface area contributed by atoms with Gasteiger partial charge in [0.1, 0.15) is 5.75 Å². The number of nitrogens with zero attached hydrogens (tertiary/aromatic N) is 1. The van der Waals surface area contributed by atoms with E-state index in [0.717, 1.165) is 5.56 Å². The van der Waals surface area contributed by atoms with Crippen molar-refractivity contribution in [1.29, 1.82) is 0 Å². The summed E-state index contributed by atoms with van der Waals surface area (Å²) in [4.78, 5) is 26.1. The second kappa shape index (κ2) is 7.98. The van der Waals surface area contributed by atoms with E-state index in [1.54, 1.807) is 19.1 Å². The minimum Gasteiger partial charge on any atom is -0.494 e. The number of carbonyl (C=O) groups excluding carboxylic acids is 1. The van der Waals surface area contributed by atoms with E-state index in [9.17, 15) is 9.59 Å². The zero-order chi connectivity index (χ0) is 16.7. The molecule has 2 rings (SSSR count). The predicted molar refractivity (Wildman–Crippen MR) is 81.2 cm³/mol. The average Bonchev–Trinajstić information content (AvgIpc) is 2.96. The molecule has 0 aliphatic heterocycles. The number of nitrogens with one attached hydrogen (secondary N) is 1. The van der Waals surface area contributed by atoms with Crippen LogP contribution in [-0.4, -0.2) is 28.6 Å². The van der Waals surface area contributed by atoms with Crippen LogP contribution >= 0.6 is 0 Å². The number of carboxylic acids is 1. The molecule has 0 spiro atoms. The Balaban J connectivity index is 1.77. The molecule has 0 atom stereocenters. The Labute approximate surface area is 133 Å². The van der Waals surface area contributed by atoms with E-state index in [-0.39, 0.29) is 18.1 Å². The Hall–Kier alpha value is -2.83. The first-order valence-corrected chi connectivity index (χ1v) is 7.18. The maximum Gasteiger partial charge on any atom is 0.303 e. The van der Waals surface area contributed by atoms with Crippen molar-refractivity contribution in [2.75, 3.05) is 6.61 Å². The summed E-state index contributed by atoms with van der Waals surface area (Å²) in [6.45, 7) is 2.42. The molecular weight excluding hydrogens is 300 g/mol. The Morgan fingerprint density at radius 3 is 2.65 bits per heavy atom. The monoisotopic (exact) mass is 318 g/mol. The standard InChI is InChI=1S/C16H18N2O5/c1-11-15(23-10-18-11)16(21)17-9-12-4-6-13(7-5-12)22-8-2-3-14(19)20/h4-7,10H,2-3,8-9H2,1H3,(H,17,21)(H,19,20). The molecule has 23 heavy (non-hydrogen) atoms. The van der Waals surface area contributed by atoms with Crippen LogP contribution in [0.3, 0.4) is 0 Å². The molecule has 2 aromatic rings. The number of amides is 1. The highest BCUT2D eigenvalue weighted by Gasteiger charge is 2.13. The van der Waals surface area contributed by atoms with Gasteiger partial charge in [0.25, 0.3) is 5.91 Å². The highest BCUT2D eigenvalue weighted by molar-refractivity contribution is 5.92. The molecule has 1 aromatic carbocycles. The molecule has 0 saturated carbocycles. The SMILES string of the molecule is Cc1ncoc1C(=O)NCc1ccc(OCCCC(=O)O)cc1. The van der Waals surface area contributed by atoms with E-state index in [1.807, 2.05) is 12.1 Å². The van der Waals surface area contributed by atoms with Crippen molar-refractivity contribution < 1.29 is 23.8 Å². The number of aryl methyl sites for hydroxylation is 1. The minimum atomic E-state index is -0.832. The van der Waals surface area contributed by atoms with Gasteiger partial charge in [-0.3, -0.25) is 9.59 Å². The van der Waals surface area contributed by atoms with Gasteiger partial charge in [-0.2, -0.15) is 0 Å². The van der Waals surface area contributed by atoms with E-state index >= 15 is 0 Å². The van der Waals surface area contributed by atoms with Crippen LogP contribution in [0.5, 0.6) is 5.75 Å². The Kier molecular flexibility index (Phi) is 5.74. The van der Waals surface area contributed by atoms with E-state index in [0.29, 0.717) is 31.0 Å². The van der Waals surface area contributed by atoms with Crippen molar-refractivity contribution in [3.8, 4) is 5.75 Å². The van der Waals surface area contributed by atoms with Crippen LogP contribution in [0.25, 0.3) is 0 Å². The third kappa shape index (κ3) is 5.14. The first kappa shape index (κ1) is 16.5. The molecule has 0 bridgehead atoms. The summed E-state index contributed by atoms with van der Waals surface area (Å²) in [5.41, 5.74) is 1.46. The molecule has 0 unspecified atom stereocenters. The molecule has 122 valence electrons. The lowest BCUT2D eigenvalue weighted by molar-refractivity contribution is -0.137. The fourth-order valence-electron chi connectivity index (χ4n) is 1.90. The number of carbonyl (C=O) groups is 2. The van der Waals surface area contributed by atoms with Gasteiger partial charge in [0.15, 0.2) is 6.39 Å². The van der Waals surface area contributed by atoms with Gasteiger partial charge in [-0.25, -0.2) is 4.98 Å². The number of hydrogen-bond donors (Lipinski definition) is 2. The zero-order valence-electron chi connectivity index (χ0n) is 12.7. The Bertz CT molecular complexity index is 663. The first-order valence-electron chi connectivity index (χ1n) is 7.18. The molecule has 0 radical (unpaired) electrons. The number of oxazole rings is 1. The number of carboxylic acid groups (broad SMARTS) is 1. The second-order valence-electron chi connectivity index (χ2n) is 4.94. The van der Waals surface area contributed by atoms with E-state index in [4.69, 9.17) is 14.3 Å². The van der Waals surface area contributed by atoms with Gasteiger partial charge in [-0.15, -0.1) is 0 Å². The third-order valence-corrected chi connectivity index (χ3v) is 3.13. The second-order valence-corrected chi connectivity index (χ2v) is 4.94. The van der Waals surface area contributed by atoms with Gasteiger partial charge in [0, 0.05) is 13.0 Å². The lowest BCUT2D eigenvalue weighted by atomic mass is 10.2. The van der Waals surface area contributed by atoms with Crippen LogP contribution in [0.1, 0.15) is 34.7 Å². The van der Waals surface area contributed by atoms with Gasteiger partial charge >= 0.3 is 5.97 Å². The quantitative estimate of drug-likeness (QED) is 0.723.